The summed E-state index contributed by atoms with van der Waals surface area (Å²) in [4.78, 5) is 12.0. The summed E-state index contributed by atoms with van der Waals surface area (Å²) in [6.45, 7) is 4.21. The molecule has 0 amide bonds. The standard InChI is InChI=1S/C17H22O2/c1-3-4-14-7-11-16(12-8-14)19-17(18)15-9-5-13(2)6-10-15/h5-7,9-11,14,16H,3-4,8,12H2,1-2H3. The number of esters is 1. The lowest BCUT2D eigenvalue weighted by molar-refractivity contribution is 0.0359. The van der Waals surface area contributed by atoms with Gasteiger partial charge in [-0.2, -0.15) is 0 Å². The molecular formula is C17H22O2. The van der Waals surface area contributed by atoms with Crippen LogP contribution in [0.4, 0.5) is 0 Å². The third-order valence-corrected chi connectivity index (χ3v) is 3.63. The topological polar surface area (TPSA) is 26.3 Å². The first-order valence-electron chi connectivity index (χ1n) is 7.15. The highest BCUT2D eigenvalue weighted by Crippen LogP contribution is 2.24. The Morgan fingerprint density at radius 2 is 1.95 bits per heavy atom. The van der Waals surface area contributed by atoms with E-state index in [1.54, 1.807) is 0 Å². The van der Waals surface area contributed by atoms with E-state index in [9.17, 15) is 4.79 Å². The van der Waals surface area contributed by atoms with E-state index in [1.165, 1.54) is 12.8 Å². The minimum Gasteiger partial charge on any atom is -0.455 e. The molecule has 2 rings (SSSR count). The molecule has 0 bridgehead atoms. The predicted octanol–water partition coefficient (Wildman–Crippen LogP) is 4.29. The van der Waals surface area contributed by atoms with Crippen molar-refractivity contribution >= 4 is 5.97 Å². The summed E-state index contributed by atoms with van der Waals surface area (Å²) in [5, 5.41) is 0. The SMILES string of the molecule is CCCC1C=CC(OC(=O)c2ccc(C)cc2)CC1. The fourth-order valence-corrected chi connectivity index (χ4v) is 2.46. The Morgan fingerprint density at radius 1 is 1.21 bits per heavy atom. The highest BCUT2D eigenvalue weighted by atomic mass is 16.5. The first-order valence-corrected chi connectivity index (χ1v) is 7.15. The fraction of sp³-hybridized carbons (Fsp3) is 0.471. The maximum absolute atomic E-state index is 12.0. The summed E-state index contributed by atoms with van der Waals surface area (Å²) < 4.78 is 5.52. The molecule has 1 aromatic rings. The van der Waals surface area contributed by atoms with Crippen LogP contribution in [0.2, 0.25) is 0 Å². The molecular weight excluding hydrogens is 236 g/mol. The third-order valence-electron chi connectivity index (χ3n) is 3.63. The van der Waals surface area contributed by atoms with Crippen molar-refractivity contribution in [2.45, 2.75) is 45.6 Å². The number of benzene rings is 1. The molecule has 0 spiro atoms. The molecule has 2 atom stereocenters. The van der Waals surface area contributed by atoms with Crippen LogP contribution in [-0.2, 0) is 4.74 Å². The number of carbonyl (C=O) groups is 1. The Morgan fingerprint density at radius 3 is 2.53 bits per heavy atom. The van der Waals surface area contributed by atoms with Crippen molar-refractivity contribution in [1.29, 1.82) is 0 Å². The van der Waals surface area contributed by atoms with Crippen LogP contribution >= 0.6 is 0 Å². The van der Waals surface area contributed by atoms with Gasteiger partial charge in [0, 0.05) is 0 Å². The van der Waals surface area contributed by atoms with Gasteiger partial charge < -0.3 is 4.74 Å². The molecule has 102 valence electrons. The highest BCUT2D eigenvalue weighted by molar-refractivity contribution is 5.89. The first kappa shape index (κ1) is 13.9. The molecule has 2 heteroatoms. The van der Waals surface area contributed by atoms with Crippen LogP contribution in [0.1, 0.15) is 48.5 Å². The van der Waals surface area contributed by atoms with Gasteiger partial charge in [-0.25, -0.2) is 4.79 Å². The van der Waals surface area contributed by atoms with Crippen molar-refractivity contribution < 1.29 is 9.53 Å². The van der Waals surface area contributed by atoms with Gasteiger partial charge in [0.2, 0.25) is 0 Å². The monoisotopic (exact) mass is 258 g/mol. The van der Waals surface area contributed by atoms with Crippen LogP contribution in [0.25, 0.3) is 0 Å². The second-order valence-electron chi connectivity index (χ2n) is 5.32. The van der Waals surface area contributed by atoms with Crippen molar-refractivity contribution in [3.63, 3.8) is 0 Å². The number of hydrogen-bond acceptors (Lipinski definition) is 2. The average Bonchev–Trinajstić information content (AvgIpc) is 2.42. The van der Waals surface area contributed by atoms with Gasteiger partial charge >= 0.3 is 5.97 Å². The fourth-order valence-electron chi connectivity index (χ4n) is 2.46. The molecule has 0 N–H and O–H groups in total. The Labute approximate surface area is 115 Å². The molecule has 0 aliphatic heterocycles. The lowest BCUT2D eigenvalue weighted by Crippen LogP contribution is -2.20. The molecule has 0 radical (unpaired) electrons. The van der Waals surface area contributed by atoms with Gasteiger partial charge in [-0.15, -0.1) is 0 Å². The van der Waals surface area contributed by atoms with Gasteiger partial charge in [0.05, 0.1) is 5.56 Å². The average molecular weight is 258 g/mol. The van der Waals surface area contributed by atoms with Crippen molar-refractivity contribution in [1.82, 2.24) is 0 Å². The van der Waals surface area contributed by atoms with Gasteiger partial charge in [0.15, 0.2) is 0 Å². The molecule has 2 unspecified atom stereocenters. The second kappa shape index (κ2) is 6.55. The Hall–Kier alpha value is -1.57. The van der Waals surface area contributed by atoms with Crippen molar-refractivity contribution in [3.8, 4) is 0 Å². The zero-order valence-electron chi connectivity index (χ0n) is 11.8. The van der Waals surface area contributed by atoms with Crippen LogP contribution in [0, 0.1) is 12.8 Å². The molecule has 19 heavy (non-hydrogen) atoms. The van der Waals surface area contributed by atoms with E-state index in [1.807, 2.05) is 31.2 Å². The van der Waals surface area contributed by atoms with Crippen molar-refractivity contribution in [2.24, 2.45) is 5.92 Å². The van der Waals surface area contributed by atoms with E-state index < -0.39 is 0 Å². The summed E-state index contributed by atoms with van der Waals surface area (Å²) in [6, 6.07) is 7.52. The number of carbonyl (C=O) groups excluding carboxylic acids is 1. The van der Waals surface area contributed by atoms with Gasteiger partial charge in [0.1, 0.15) is 6.10 Å². The Kier molecular flexibility index (Phi) is 4.78. The quantitative estimate of drug-likeness (QED) is 0.595. The van der Waals surface area contributed by atoms with Gasteiger partial charge in [-0.3, -0.25) is 0 Å². The molecule has 0 aromatic heterocycles. The van der Waals surface area contributed by atoms with E-state index in [-0.39, 0.29) is 12.1 Å². The van der Waals surface area contributed by atoms with E-state index in [0.717, 1.165) is 18.4 Å². The number of ether oxygens (including phenoxy) is 1. The molecule has 1 aromatic carbocycles. The summed E-state index contributed by atoms with van der Waals surface area (Å²) in [6.07, 6.45) is 8.71. The number of aryl methyl sites for hydroxylation is 1. The third kappa shape index (κ3) is 3.95. The van der Waals surface area contributed by atoms with Crippen LogP contribution in [0.15, 0.2) is 36.4 Å². The lowest BCUT2D eigenvalue weighted by atomic mass is 9.91. The van der Waals surface area contributed by atoms with Crippen LogP contribution in [-0.4, -0.2) is 12.1 Å². The molecule has 0 heterocycles. The summed E-state index contributed by atoms with van der Waals surface area (Å²) in [5.74, 6) is 0.447. The molecule has 2 nitrogen and oxygen atoms in total. The van der Waals surface area contributed by atoms with E-state index in [4.69, 9.17) is 4.74 Å². The first-order chi connectivity index (χ1) is 9.19. The Bertz CT molecular complexity index is 445. The molecule has 1 aliphatic carbocycles. The molecule has 1 aliphatic rings. The van der Waals surface area contributed by atoms with Crippen LogP contribution < -0.4 is 0 Å². The number of allylic oxidation sites excluding steroid dienone is 1. The predicted molar refractivity (Wildman–Crippen MR) is 77.2 cm³/mol. The van der Waals surface area contributed by atoms with Gasteiger partial charge in [-0.05, 0) is 50.3 Å². The number of rotatable bonds is 4. The molecule has 0 saturated heterocycles. The number of hydrogen-bond donors (Lipinski definition) is 0. The van der Waals surface area contributed by atoms with Crippen molar-refractivity contribution in [2.75, 3.05) is 0 Å². The normalized spacial score (nSPS) is 22.2. The Balaban J connectivity index is 1.90. The van der Waals surface area contributed by atoms with Crippen LogP contribution in [0.5, 0.6) is 0 Å². The van der Waals surface area contributed by atoms with Gasteiger partial charge in [0.25, 0.3) is 0 Å². The van der Waals surface area contributed by atoms with E-state index in [0.29, 0.717) is 11.5 Å². The summed E-state index contributed by atoms with van der Waals surface area (Å²) in [5.41, 5.74) is 1.78. The minimum absolute atomic E-state index is 0.0538. The smallest absolute Gasteiger partial charge is 0.338 e. The lowest BCUT2D eigenvalue weighted by Gasteiger charge is -2.22. The van der Waals surface area contributed by atoms with E-state index in [2.05, 4.69) is 19.1 Å². The second-order valence-corrected chi connectivity index (χ2v) is 5.32. The largest absolute Gasteiger partial charge is 0.455 e. The van der Waals surface area contributed by atoms with Gasteiger partial charge in [-0.1, -0.05) is 37.1 Å². The zero-order chi connectivity index (χ0) is 13.7. The van der Waals surface area contributed by atoms with Crippen molar-refractivity contribution in [3.05, 3.63) is 47.5 Å². The minimum atomic E-state index is -0.219. The molecule has 0 fully saturated rings. The maximum atomic E-state index is 12.0. The highest BCUT2D eigenvalue weighted by Gasteiger charge is 2.19. The molecule has 0 saturated carbocycles. The maximum Gasteiger partial charge on any atom is 0.338 e. The summed E-state index contributed by atoms with van der Waals surface area (Å²) in [7, 11) is 0. The summed E-state index contributed by atoms with van der Waals surface area (Å²) >= 11 is 0. The van der Waals surface area contributed by atoms with Crippen LogP contribution in [0.3, 0.4) is 0 Å². The zero-order valence-corrected chi connectivity index (χ0v) is 11.8. The van der Waals surface area contributed by atoms with E-state index >= 15 is 0 Å².